The molecule has 0 bridgehead atoms. The minimum Gasteiger partial charge on any atom is -0.452 e. The Bertz CT molecular complexity index is 549. The van der Waals surface area contributed by atoms with Crippen LogP contribution >= 0.6 is 11.6 Å². The second-order valence-corrected chi connectivity index (χ2v) is 4.42. The summed E-state index contributed by atoms with van der Waals surface area (Å²) in [6.45, 7) is 3.98. The second kappa shape index (κ2) is 5.27. The standard InChI is InChI=1S/C14H15ClN2O/c1-3-12-13(8-7-9(2)17-12)18-14-10(15)5-4-6-11(14)16/h4-8H,3,16H2,1-2H3. The molecule has 0 atom stereocenters. The molecule has 2 N–H and O–H groups in total. The van der Waals surface area contributed by atoms with Crippen molar-refractivity contribution in [3.63, 3.8) is 0 Å². The van der Waals surface area contributed by atoms with E-state index in [1.807, 2.05) is 26.0 Å². The Labute approximate surface area is 112 Å². The Morgan fingerprint density at radius 1 is 1.28 bits per heavy atom. The summed E-state index contributed by atoms with van der Waals surface area (Å²) in [7, 11) is 0. The van der Waals surface area contributed by atoms with Gasteiger partial charge in [0, 0.05) is 5.69 Å². The molecular formula is C14H15ClN2O. The maximum atomic E-state index is 6.08. The van der Waals surface area contributed by atoms with Crippen molar-refractivity contribution in [1.82, 2.24) is 4.98 Å². The monoisotopic (exact) mass is 262 g/mol. The Morgan fingerprint density at radius 3 is 2.72 bits per heavy atom. The van der Waals surface area contributed by atoms with Gasteiger partial charge in [-0.3, -0.25) is 4.98 Å². The predicted molar refractivity (Wildman–Crippen MR) is 74.3 cm³/mol. The third kappa shape index (κ3) is 2.57. The molecule has 0 aliphatic carbocycles. The summed E-state index contributed by atoms with van der Waals surface area (Å²) in [6.07, 6.45) is 0.793. The van der Waals surface area contributed by atoms with Gasteiger partial charge in [0.2, 0.25) is 0 Å². The zero-order valence-electron chi connectivity index (χ0n) is 10.4. The SMILES string of the molecule is CCc1nc(C)ccc1Oc1c(N)cccc1Cl. The first-order chi connectivity index (χ1) is 8.61. The quantitative estimate of drug-likeness (QED) is 0.851. The van der Waals surface area contributed by atoms with E-state index < -0.39 is 0 Å². The maximum Gasteiger partial charge on any atom is 0.168 e. The smallest absolute Gasteiger partial charge is 0.168 e. The van der Waals surface area contributed by atoms with Crippen LogP contribution in [0.25, 0.3) is 0 Å². The number of nitrogens with two attached hydrogens (primary N) is 1. The third-order valence-electron chi connectivity index (χ3n) is 2.62. The summed E-state index contributed by atoms with van der Waals surface area (Å²) in [5.74, 6) is 1.18. The largest absolute Gasteiger partial charge is 0.452 e. The number of pyridine rings is 1. The molecule has 3 nitrogen and oxygen atoms in total. The van der Waals surface area contributed by atoms with Gasteiger partial charge in [-0.05, 0) is 37.6 Å². The normalized spacial score (nSPS) is 10.4. The summed E-state index contributed by atoms with van der Waals surface area (Å²) in [4.78, 5) is 4.44. The van der Waals surface area contributed by atoms with E-state index in [4.69, 9.17) is 22.1 Å². The van der Waals surface area contributed by atoms with Crippen molar-refractivity contribution in [1.29, 1.82) is 0 Å². The van der Waals surface area contributed by atoms with E-state index in [1.165, 1.54) is 0 Å². The number of anilines is 1. The van der Waals surface area contributed by atoms with E-state index in [9.17, 15) is 0 Å². The number of aromatic nitrogens is 1. The summed E-state index contributed by atoms with van der Waals surface area (Å²) in [5, 5.41) is 0.498. The average Bonchev–Trinajstić information content (AvgIpc) is 2.35. The molecule has 1 heterocycles. The predicted octanol–water partition coefficient (Wildman–Crippen LogP) is 3.98. The minimum atomic E-state index is 0.486. The van der Waals surface area contributed by atoms with Crippen molar-refractivity contribution < 1.29 is 4.74 Å². The van der Waals surface area contributed by atoms with Crippen LogP contribution in [0.4, 0.5) is 5.69 Å². The summed E-state index contributed by atoms with van der Waals surface area (Å²) < 4.78 is 5.80. The minimum absolute atomic E-state index is 0.486. The first-order valence-corrected chi connectivity index (χ1v) is 6.18. The molecule has 0 aliphatic heterocycles. The number of nitrogen functional groups attached to an aromatic ring is 1. The third-order valence-corrected chi connectivity index (χ3v) is 2.91. The first kappa shape index (κ1) is 12.7. The van der Waals surface area contributed by atoms with Gasteiger partial charge in [0.1, 0.15) is 5.75 Å². The fraction of sp³-hybridized carbons (Fsp3) is 0.214. The Kier molecular flexibility index (Phi) is 3.72. The van der Waals surface area contributed by atoms with Crippen LogP contribution in [0.1, 0.15) is 18.3 Å². The molecule has 2 aromatic rings. The van der Waals surface area contributed by atoms with Crippen molar-refractivity contribution in [3.8, 4) is 11.5 Å². The molecule has 4 heteroatoms. The van der Waals surface area contributed by atoms with Crippen LogP contribution in [0.15, 0.2) is 30.3 Å². The molecule has 0 spiro atoms. The van der Waals surface area contributed by atoms with E-state index in [2.05, 4.69) is 4.98 Å². The number of hydrogen-bond acceptors (Lipinski definition) is 3. The lowest BCUT2D eigenvalue weighted by molar-refractivity contribution is 0.475. The van der Waals surface area contributed by atoms with Crippen LogP contribution in [-0.4, -0.2) is 4.98 Å². The fourth-order valence-electron chi connectivity index (χ4n) is 1.69. The summed E-state index contributed by atoms with van der Waals surface area (Å²) >= 11 is 6.08. The Morgan fingerprint density at radius 2 is 2.06 bits per heavy atom. The second-order valence-electron chi connectivity index (χ2n) is 4.01. The number of benzene rings is 1. The number of rotatable bonds is 3. The van der Waals surface area contributed by atoms with Crippen molar-refractivity contribution >= 4 is 17.3 Å². The van der Waals surface area contributed by atoms with E-state index in [0.29, 0.717) is 22.2 Å². The first-order valence-electron chi connectivity index (χ1n) is 5.80. The highest BCUT2D eigenvalue weighted by Gasteiger charge is 2.10. The van der Waals surface area contributed by atoms with Crippen LogP contribution < -0.4 is 10.5 Å². The number of nitrogens with zero attached hydrogens (tertiary/aromatic N) is 1. The van der Waals surface area contributed by atoms with Crippen molar-refractivity contribution in [2.45, 2.75) is 20.3 Å². The number of para-hydroxylation sites is 1. The molecule has 18 heavy (non-hydrogen) atoms. The highest BCUT2D eigenvalue weighted by Crippen LogP contribution is 2.35. The van der Waals surface area contributed by atoms with Gasteiger partial charge in [0.25, 0.3) is 0 Å². The number of ether oxygens (including phenoxy) is 1. The van der Waals surface area contributed by atoms with Crippen LogP contribution in [0.5, 0.6) is 11.5 Å². The summed E-state index contributed by atoms with van der Waals surface area (Å²) in [6, 6.07) is 9.10. The van der Waals surface area contributed by atoms with Crippen LogP contribution in [-0.2, 0) is 6.42 Å². The lowest BCUT2D eigenvalue weighted by atomic mass is 10.2. The van der Waals surface area contributed by atoms with Gasteiger partial charge < -0.3 is 10.5 Å². The molecule has 0 unspecified atom stereocenters. The molecule has 0 aliphatic rings. The van der Waals surface area contributed by atoms with Gasteiger partial charge in [-0.2, -0.15) is 0 Å². The van der Waals surface area contributed by atoms with Gasteiger partial charge in [-0.15, -0.1) is 0 Å². The van der Waals surface area contributed by atoms with Gasteiger partial charge in [0.05, 0.1) is 16.4 Å². The fourth-order valence-corrected chi connectivity index (χ4v) is 1.91. The molecule has 1 aromatic carbocycles. The zero-order valence-corrected chi connectivity index (χ0v) is 11.2. The van der Waals surface area contributed by atoms with E-state index in [1.54, 1.807) is 18.2 Å². The van der Waals surface area contributed by atoms with Gasteiger partial charge in [-0.1, -0.05) is 24.6 Å². The molecule has 1 aromatic heterocycles. The average molecular weight is 263 g/mol. The molecule has 2 rings (SSSR count). The molecule has 0 radical (unpaired) electrons. The van der Waals surface area contributed by atoms with Gasteiger partial charge in [0.15, 0.2) is 5.75 Å². The van der Waals surface area contributed by atoms with Crippen LogP contribution in [0.3, 0.4) is 0 Å². The van der Waals surface area contributed by atoms with Gasteiger partial charge >= 0.3 is 0 Å². The highest BCUT2D eigenvalue weighted by molar-refractivity contribution is 6.32. The van der Waals surface area contributed by atoms with E-state index in [0.717, 1.165) is 17.8 Å². The maximum absolute atomic E-state index is 6.08. The van der Waals surface area contributed by atoms with Gasteiger partial charge in [-0.25, -0.2) is 0 Å². The van der Waals surface area contributed by atoms with Crippen LogP contribution in [0, 0.1) is 6.92 Å². The van der Waals surface area contributed by atoms with E-state index in [-0.39, 0.29) is 0 Å². The molecule has 0 amide bonds. The molecule has 0 saturated heterocycles. The number of aryl methyl sites for hydroxylation is 2. The van der Waals surface area contributed by atoms with Crippen molar-refractivity contribution in [2.75, 3.05) is 5.73 Å². The molecular weight excluding hydrogens is 248 g/mol. The lowest BCUT2D eigenvalue weighted by Crippen LogP contribution is -1.98. The highest BCUT2D eigenvalue weighted by atomic mass is 35.5. The zero-order chi connectivity index (χ0) is 13.1. The van der Waals surface area contributed by atoms with Crippen molar-refractivity contribution in [2.24, 2.45) is 0 Å². The van der Waals surface area contributed by atoms with Crippen molar-refractivity contribution in [3.05, 3.63) is 46.7 Å². The Hall–Kier alpha value is -1.74. The van der Waals surface area contributed by atoms with Crippen LogP contribution in [0.2, 0.25) is 5.02 Å². The summed E-state index contributed by atoms with van der Waals surface area (Å²) in [5.41, 5.74) is 8.24. The molecule has 94 valence electrons. The number of hydrogen-bond donors (Lipinski definition) is 1. The van der Waals surface area contributed by atoms with E-state index >= 15 is 0 Å². The Balaban J connectivity index is 2.40. The molecule has 0 fully saturated rings. The molecule has 0 saturated carbocycles. The topological polar surface area (TPSA) is 48.1 Å². The lowest BCUT2D eigenvalue weighted by Gasteiger charge is -2.12. The number of halogens is 1.